The molecule has 0 aromatic heterocycles. The topological polar surface area (TPSA) is 35.6 Å². The van der Waals surface area contributed by atoms with Gasteiger partial charge in [-0.05, 0) is 66.5 Å². The van der Waals surface area contributed by atoms with E-state index in [2.05, 4.69) is 37.9 Å². The van der Waals surface area contributed by atoms with Crippen molar-refractivity contribution in [1.82, 2.24) is 15.1 Å². The molecule has 122 valence electrons. The Morgan fingerprint density at radius 1 is 1.14 bits per heavy atom. The molecule has 2 rings (SSSR count). The number of hydrogen-bond acceptors (Lipinski definition) is 3. The van der Waals surface area contributed by atoms with Gasteiger partial charge < -0.3 is 10.2 Å². The molecule has 0 spiro atoms. The zero-order chi connectivity index (χ0) is 15.4. The van der Waals surface area contributed by atoms with Crippen molar-refractivity contribution in [2.24, 2.45) is 0 Å². The summed E-state index contributed by atoms with van der Waals surface area (Å²) in [6, 6.07) is 1.73. The first-order chi connectivity index (χ1) is 10.0. The maximum Gasteiger partial charge on any atom is 0.237 e. The molecule has 2 heterocycles. The van der Waals surface area contributed by atoms with E-state index in [4.69, 9.17) is 0 Å². The lowest BCUT2D eigenvalue weighted by Gasteiger charge is -2.41. The molecule has 0 radical (unpaired) electrons. The monoisotopic (exact) mass is 295 g/mol. The van der Waals surface area contributed by atoms with E-state index in [9.17, 15) is 4.79 Å². The maximum absolute atomic E-state index is 12.7. The standard InChI is InChI=1S/C17H33N3O/c1-13(2)20(14(3)4)17(21)12-19-11-6-5-9-16(19)15-8-7-10-18-15/h13-16,18H,5-12H2,1-4H3. The molecule has 0 aromatic rings. The Morgan fingerprint density at radius 3 is 2.43 bits per heavy atom. The van der Waals surface area contributed by atoms with Crippen LogP contribution in [-0.2, 0) is 4.79 Å². The van der Waals surface area contributed by atoms with Gasteiger partial charge in [0, 0.05) is 24.2 Å². The molecule has 2 saturated heterocycles. The van der Waals surface area contributed by atoms with Crippen LogP contribution in [0.4, 0.5) is 0 Å². The summed E-state index contributed by atoms with van der Waals surface area (Å²) >= 11 is 0. The first-order valence-electron chi connectivity index (χ1n) is 8.79. The quantitative estimate of drug-likeness (QED) is 0.845. The van der Waals surface area contributed by atoms with E-state index in [1.165, 1.54) is 32.1 Å². The van der Waals surface area contributed by atoms with E-state index < -0.39 is 0 Å². The van der Waals surface area contributed by atoms with Crippen molar-refractivity contribution in [2.45, 2.75) is 84.0 Å². The first-order valence-corrected chi connectivity index (χ1v) is 8.79. The van der Waals surface area contributed by atoms with Gasteiger partial charge in [0.15, 0.2) is 0 Å². The molecule has 2 aliphatic heterocycles. The second kappa shape index (κ2) is 7.59. The average molecular weight is 295 g/mol. The predicted molar refractivity (Wildman–Crippen MR) is 87.4 cm³/mol. The number of carbonyl (C=O) groups is 1. The van der Waals surface area contributed by atoms with Crippen LogP contribution in [-0.4, -0.2) is 59.5 Å². The van der Waals surface area contributed by atoms with Crippen molar-refractivity contribution in [1.29, 1.82) is 0 Å². The van der Waals surface area contributed by atoms with Crippen molar-refractivity contribution < 1.29 is 4.79 Å². The first kappa shape index (κ1) is 16.8. The second-order valence-corrected chi connectivity index (χ2v) is 7.22. The second-order valence-electron chi connectivity index (χ2n) is 7.22. The number of carbonyl (C=O) groups excluding carboxylic acids is 1. The molecule has 0 aromatic carbocycles. The highest BCUT2D eigenvalue weighted by atomic mass is 16.2. The largest absolute Gasteiger partial charge is 0.337 e. The lowest BCUT2D eigenvalue weighted by molar-refractivity contribution is -0.137. The van der Waals surface area contributed by atoms with Gasteiger partial charge in [-0.25, -0.2) is 0 Å². The summed E-state index contributed by atoms with van der Waals surface area (Å²) in [7, 11) is 0. The van der Waals surface area contributed by atoms with E-state index in [1.807, 2.05) is 4.90 Å². The number of piperidine rings is 1. The fourth-order valence-electron chi connectivity index (χ4n) is 4.14. The van der Waals surface area contributed by atoms with Gasteiger partial charge in [-0.15, -0.1) is 0 Å². The third kappa shape index (κ3) is 4.19. The Hall–Kier alpha value is -0.610. The lowest BCUT2D eigenvalue weighted by atomic mass is 9.94. The molecule has 21 heavy (non-hydrogen) atoms. The van der Waals surface area contributed by atoms with Crippen LogP contribution in [0.1, 0.15) is 59.8 Å². The summed E-state index contributed by atoms with van der Waals surface area (Å²) in [6.07, 6.45) is 6.35. The molecule has 2 atom stereocenters. The Balaban J connectivity index is 1.99. The van der Waals surface area contributed by atoms with Crippen LogP contribution in [0.2, 0.25) is 0 Å². The molecule has 1 N–H and O–H groups in total. The third-order valence-corrected chi connectivity index (χ3v) is 4.97. The van der Waals surface area contributed by atoms with E-state index >= 15 is 0 Å². The number of rotatable bonds is 5. The normalized spacial score (nSPS) is 27.5. The van der Waals surface area contributed by atoms with Crippen molar-refractivity contribution in [3.8, 4) is 0 Å². The molecule has 4 heteroatoms. The van der Waals surface area contributed by atoms with Crippen molar-refractivity contribution in [3.63, 3.8) is 0 Å². The van der Waals surface area contributed by atoms with Gasteiger partial charge in [0.05, 0.1) is 6.54 Å². The van der Waals surface area contributed by atoms with E-state index in [1.54, 1.807) is 0 Å². The molecular formula is C17H33N3O. The van der Waals surface area contributed by atoms with Gasteiger partial charge >= 0.3 is 0 Å². The van der Waals surface area contributed by atoms with Crippen molar-refractivity contribution in [2.75, 3.05) is 19.6 Å². The molecular weight excluding hydrogens is 262 g/mol. The zero-order valence-corrected chi connectivity index (χ0v) is 14.3. The smallest absolute Gasteiger partial charge is 0.237 e. The lowest BCUT2D eigenvalue weighted by Crippen LogP contribution is -2.55. The highest BCUT2D eigenvalue weighted by Crippen LogP contribution is 2.24. The summed E-state index contributed by atoms with van der Waals surface area (Å²) in [4.78, 5) is 17.2. The van der Waals surface area contributed by atoms with Crippen LogP contribution in [0, 0.1) is 0 Å². The van der Waals surface area contributed by atoms with Crippen LogP contribution in [0.5, 0.6) is 0 Å². The minimum Gasteiger partial charge on any atom is -0.337 e. The molecule has 2 fully saturated rings. The fraction of sp³-hybridized carbons (Fsp3) is 0.941. The van der Waals surface area contributed by atoms with Crippen LogP contribution < -0.4 is 5.32 Å². The van der Waals surface area contributed by atoms with E-state index in [-0.39, 0.29) is 12.1 Å². The van der Waals surface area contributed by atoms with Gasteiger partial charge in [0.1, 0.15) is 0 Å². The average Bonchev–Trinajstić information content (AvgIpc) is 2.92. The minimum atomic E-state index is 0.283. The molecule has 4 nitrogen and oxygen atoms in total. The Labute approximate surface area is 130 Å². The number of nitrogens with zero attached hydrogens (tertiary/aromatic N) is 2. The summed E-state index contributed by atoms with van der Waals surface area (Å²) in [5.41, 5.74) is 0. The van der Waals surface area contributed by atoms with Crippen LogP contribution >= 0.6 is 0 Å². The van der Waals surface area contributed by atoms with Gasteiger partial charge in [0.2, 0.25) is 5.91 Å². The Bertz CT molecular complexity index is 329. The van der Waals surface area contributed by atoms with Gasteiger partial charge in [0.25, 0.3) is 0 Å². The van der Waals surface area contributed by atoms with E-state index in [0.29, 0.717) is 24.5 Å². The number of hydrogen-bond donors (Lipinski definition) is 1. The summed E-state index contributed by atoms with van der Waals surface area (Å²) in [5.74, 6) is 0.296. The van der Waals surface area contributed by atoms with Gasteiger partial charge in [-0.2, -0.15) is 0 Å². The molecule has 2 unspecified atom stereocenters. The Morgan fingerprint density at radius 2 is 1.86 bits per heavy atom. The van der Waals surface area contributed by atoms with Crippen LogP contribution in [0.15, 0.2) is 0 Å². The van der Waals surface area contributed by atoms with Crippen LogP contribution in [0.25, 0.3) is 0 Å². The van der Waals surface area contributed by atoms with Gasteiger partial charge in [-0.1, -0.05) is 6.42 Å². The summed E-state index contributed by atoms with van der Waals surface area (Å²) in [5, 5.41) is 3.64. The summed E-state index contributed by atoms with van der Waals surface area (Å²) in [6.45, 7) is 11.3. The van der Waals surface area contributed by atoms with Crippen molar-refractivity contribution in [3.05, 3.63) is 0 Å². The SMILES string of the molecule is CC(C)N(C(=O)CN1CCCCC1C1CCCN1)C(C)C. The maximum atomic E-state index is 12.7. The molecule has 0 saturated carbocycles. The minimum absolute atomic E-state index is 0.283. The Kier molecular flexibility index (Phi) is 6.06. The third-order valence-electron chi connectivity index (χ3n) is 4.97. The fourth-order valence-corrected chi connectivity index (χ4v) is 4.14. The highest BCUT2D eigenvalue weighted by Gasteiger charge is 2.33. The van der Waals surface area contributed by atoms with Crippen LogP contribution in [0.3, 0.4) is 0 Å². The number of amides is 1. The highest BCUT2D eigenvalue weighted by molar-refractivity contribution is 5.79. The number of likely N-dealkylation sites (tertiary alicyclic amines) is 1. The van der Waals surface area contributed by atoms with Gasteiger partial charge in [-0.3, -0.25) is 9.69 Å². The number of nitrogens with one attached hydrogen (secondary N) is 1. The zero-order valence-electron chi connectivity index (χ0n) is 14.3. The predicted octanol–water partition coefficient (Wildman–Crippen LogP) is 2.24. The molecule has 0 aliphatic carbocycles. The molecule has 0 bridgehead atoms. The van der Waals surface area contributed by atoms with E-state index in [0.717, 1.165) is 13.1 Å². The molecule has 1 amide bonds. The summed E-state index contributed by atoms with van der Waals surface area (Å²) < 4.78 is 0. The molecule has 2 aliphatic rings. The van der Waals surface area contributed by atoms with Crippen molar-refractivity contribution >= 4 is 5.91 Å².